The second-order valence-corrected chi connectivity index (χ2v) is 7.86. The van der Waals surface area contributed by atoms with Crippen LogP contribution in [-0.2, 0) is 6.42 Å². The Morgan fingerprint density at radius 2 is 2.19 bits per heavy atom. The summed E-state index contributed by atoms with van der Waals surface area (Å²) in [6.45, 7) is 8.29. The highest BCUT2D eigenvalue weighted by Gasteiger charge is 2.31. The minimum absolute atomic E-state index is 0.613. The number of hydrogen-bond donors (Lipinski definition) is 1. The quantitative estimate of drug-likeness (QED) is 0.858. The van der Waals surface area contributed by atoms with Gasteiger partial charge < -0.3 is 5.32 Å². The van der Waals surface area contributed by atoms with E-state index in [4.69, 9.17) is 0 Å². The summed E-state index contributed by atoms with van der Waals surface area (Å²) in [7, 11) is 0. The number of hydrogen-bond acceptors (Lipinski definition) is 2. The van der Waals surface area contributed by atoms with Gasteiger partial charge in [-0.05, 0) is 55.3 Å². The number of nitrogens with one attached hydrogen (secondary N) is 1. The van der Waals surface area contributed by atoms with Gasteiger partial charge in [0.1, 0.15) is 0 Å². The molecular formula is C18H27BrN2. The molecule has 1 saturated heterocycles. The second-order valence-electron chi connectivity index (χ2n) is 7.00. The van der Waals surface area contributed by atoms with Gasteiger partial charge in [-0.3, -0.25) is 4.90 Å². The lowest BCUT2D eigenvalue weighted by Crippen LogP contribution is -2.41. The highest BCUT2D eigenvalue weighted by molar-refractivity contribution is 9.10. The molecule has 0 saturated carbocycles. The Morgan fingerprint density at radius 1 is 1.33 bits per heavy atom. The summed E-state index contributed by atoms with van der Waals surface area (Å²) in [6, 6.07) is 8.03. The van der Waals surface area contributed by atoms with Crippen LogP contribution in [0.1, 0.15) is 50.3 Å². The van der Waals surface area contributed by atoms with E-state index in [1.807, 2.05) is 0 Å². The minimum atomic E-state index is 0.613. The number of benzene rings is 1. The highest BCUT2D eigenvalue weighted by atomic mass is 79.9. The van der Waals surface area contributed by atoms with Crippen molar-refractivity contribution in [1.29, 1.82) is 0 Å². The van der Waals surface area contributed by atoms with Crippen molar-refractivity contribution in [2.45, 2.75) is 51.6 Å². The van der Waals surface area contributed by atoms with Crippen LogP contribution in [0.25, 0.3) is 0 Å². The standard InChI is InChI=1S/C18H27BrN2/c1-13(2)11-21(12-14-5-4-10-20-14)18-9-8-15-16(18)6-3-7-17(15)19/h3,6-7,13-14,18,20H,4-5,8-12H2,1-2H3. The van der Waals surface area contributed by atoms with Gasteiger partial charge in [0.05, 0.1) is 0 Å². The molecule has 2 aliphatic rings. The molecule has 2 unspecified atom stereocenters. The third-order valence-electron chi connectivity index (χ3n) is 4.84. The first kappa shape index (κ1) is 15.5. The van der Waals surface area contributed by atoms with Gasteiger partial charge in [-0.15, -0.1) is 0 Å². The molecule has 1 aliphatic heterocycles. The van der Waals surface area contributed by atoms with E-state index in [1.165, 1.54) is 55.4 Å². The molecular weight excluding hydrogens is 324 g/mol. The molecule has 1 heterocycles. The number of halogens is 1. The summed E-state index contributed by atoms with van der Waals surface area (Å²) >= 11 is 3.73. The van der Waals surface area contributed by atoms with Crippen LogP contribution in [0.2, 0.25) is 0 Å². The summed E-state index contributed by atoms with van der Waals surface area (Å²) < 4.78 is 1.30. The Bertz CT molecular complexity index is 480. The van der Waals surface area contributed by atoms with Crippen molar-refractivity contribution >= 4 is 15.9 Å². The molecule has 21 heavy (non-hydrogen) atoms. The third kappa shape index (κ3) is 3.52. The third-order valence-corrected chi connectivity index (χ3v) is 5.58. The number of rotatable bonds is 5. The Kier molecular flexibility index (Phi) is 5.03. The largest absolute Gasteiger partial charge is 0.313 e. The van der Waals surface area contributed by atoms with Crippen LogP contribution in [0.3, 0.4) is 0 Å². The molecule has 1 aliphatic carbocycles. The zero-order valence-electron chi connectivity index (χ0n) is 13.2. The van der Waals surface area contributed by atoms with Gasteiger partial charge in [-0.2, -0.15) is 0 Å². The van der Waals surface area contributed by atoms with E-state index in [2.05, 4.69) is 58.2 Å². The van der Waals surface area contributed by atoms with E-state index in [1.54, 1.807) is 5.56 Å². The average Bonchev–Trinajstić information content (AvgIpc) is 3.06. The predicted molar refractivity (Wildman–Crippen MR) is 92.6 cm³/mol. The molecule has 1 fully saturated rings. The molecule has 1 aromatic carbocycles. The van der Waals surface area contributed by atoms with Crippen LogP contribution >= 0.6 is 15.9 Å². The Hall–Kier alpha value is -0.380. The maximum absolute atomic E-state index is 3.73. The molecule has 3 heteroatoms. The van der Waals surface area contributed by atoms with Crippen molar-refractivity contribution in [1.82, 2.24) is 10.2 Å². The molecule has 2 nitrogen and oxygen atoms in total. The molecule has 0 bridgehead atoms. The zero-order valence-corrected chi connectivity index (χ0v) is 14.8. The molecule has 0 radical (unpaired) electrons. The van der Waals surface area contributed by atoms with Gasteiger partial charge in [0.15, 0.2) is 0 Å². The Balaban J connectivity index is 1.79. The van der Waals surface area contributed by atoms with Gasteiger partial charge in [-0.1, -0.05) is 41.9 Å². The first-order valence-electron chi connectivity index (χ1n) is 8.40. The first-order valence-corrected chi connectivity index (χ1v) is 9.19. The van der Waals surface area contributed by atoms with Gasteiger partial charge in [0.25, 0.3) is 0 Å². The van der Waals surface area contributed by atoms with Crippen LogP contribution in [0.15, 0.2) is 22.7 Å². The fourth-order valence-corrected chi connectivity index (χ4v) is 4.54. The van der Waals surface area contributed by atoms with Crippen molar-refractivity contribution in [3.8, 4) is 0 Å². The van der Waals surface area contributed by atoms with Crippen LogP contribution in [0.5, 0.6) is 0 Å². The predicted octanol–water partition coefficient (Wildman–Crippen LogP) is 4.15. The van der Waals surface area contributed by atoms with Crippen molar-refractivity contribution < 1.29 is 0 Å². The molecule has 0 aromatic heterocycles. The SMILES string of the molecule is CC(C)CN(CC1CCCN1)C1CCc2c(Br)cccc21. The fraction of sp³-hybridized carbons (Fsp3) is 0.667. The van der Waals surface area contributed by atoms with E-state index in [-0.39, 0.29) is 0 Å². The molecule has 2 atom stereocenters. The van der Waals surface area contributed by atoms with Crippen molar-refractivity contribution in [3.05, 3.63) is 33.8 Å². The van der Waals surface area contributed by atoms with Gasteiger partial charge in [0, 0.05) is 29.6 Å². The summed E-state index contributed by atoms with van der Waals surface area (Å²) in [5, 5.41) is 3.67. The fourth-order valence-electron chi connectivity index (χ4n) is 3.96. The summed E-state index contributed by atoms with van der Waals surface area (Å²) in [5.74, 6) is 0.725. The average molecular weight is 351 g/mol. The maximum atomic E-state index is 3.73. The maximum Gasteiger partial charge on any atom is 0.0355 e. The first-order chi connectivity index (χ1) is 10.1. The zero-order chi connectivity index (χ0) is 14.8. The molecule has 3 rings (SSSR count). The second kappa shape index (κ2) is 6.80. The molecule has 116 valence electrons. The monoisotopic (exact) mass is 350 g/mol. The van der Waals surface area contributed by atoms with E-state index in [0.717, 1.165) is 5.92 Å². The van der Waals surface area contributed by atoms with Crippen LogP contribution in [0, 0.1) is 5.92 Å². The Labute approximate surface area is 137 Å². The van der Waals surface area contributed by atoms with Crippen LogP contribution < -0.4 is 5.32 Å². The highest BCUT2D eigenvalue weighted by Crippen LogP contribution is 2.39. The topological polar surface area (TPSA) is 15.3 Å². The molecule has 0 spiro atoms. The molecule has 0 amide bonds. The lowest BCUT2D eigenvalue weighted by molar-refractivity contribution is 0.160. The number of fused-ring (bicyclic) bond motifs is 1. The van der Waals surface area contributed by atoms with Crippen LogP contribution in [-0.4, -0.2) is 30.6 Å². The number of nitrogens with zero attached hydrogens (tertiary/aromatic N) is 1. The summed E-state index contributed by atoms with van der Waals surface area (Å²) in [6.07, 6.45) is 5.17. The summed E-state index contributed by atoms with van der Waals surface area (Å²) in [5.41, 5.74) is 3.10. The van der Waals surface area contributed by atoms with Crippen molar-refractivity contribution in [2.24, 2.45) is 5.92 Å². The normalized spacial score (nSPS) is 25.0. The lowest BCUT2D eigenvalue weighted by Gasteiger charge is -2.33. The van der Waals surface area contributed by atoms with Gasteiger partial charge in [-0.25, -0.2) is 0 Å². The Morgan fingerprint density at radius 3 is 2.90 bits per heavy atom. The summed E-state index contributed by atoms with van der Waals surface area (Å²) in [4.78, 5) is 2.74. The van der Waals surface area contributed by atoms with E-state index < -0.39 is 0 Å². The molecule has 1 N–H and O–H groups in total. The van der Waals surface area contributed by atoms with Crippen molar-refractivity contribution in [3.63, 3.8) is 0 Å². The van der Waals surface area contributed by atoms with Crippen molar-refractivity contribution in [2.75, 3.05) is 19.6 Å². The van der Waals surface area contributed by atoms with Gasteiger partial charge in [0.2, 0.25) is 0 Å². The van der Waals surface area contributed by atoms with E-state index >= 15 is 0 Å². The van der Waals surface area contributed by atoms with Gasteiger partial charge >= 0.3 is 0 Å². The lowest BCUT2D eigenvalue weighted by atomic mass is 10.0. The minimum Gasteiger partial charge on any atom is -0.313 e. The van der Waals surface area contributed by atoms with E-state index in [9.17, 15) is 0 Å². The molecule has 1 aromatic rings. The van der Waals surface area contributed by atoms with E-state index in [0.29, 0.717) is 12.1 Å². The smallest absolute Gasteiger partial charge is 0.0355 e. The van der Waals surface area contributed by atoms with Crippen LogP contribution in [0.4, 0.5) is 0 Å².